The van der Waals surface area contributed by atoms with E-state index in [-0.39, 0.29) is 17.7 Å². The Kier molecular flexibility index (Phi) is 3.44. The van der Waals surface area contributed by atoms with E-state index in [1.807, 2.05) is 36.7 Å². The Labute approximate surface area is 120 Å². The van der Waals surface area contributed by atoms with Crippen molar-refractivity contribution in [1.82, 2.24) is 9.55 Å². The third kappa shape index (κ3) is 2.28. The molecule has 6 heteroatoms. The van der Waals surface area contributed by atoms with Crippen molar-refractivity contribution in [2.24, 2.45) is 0 Å². The van der Waals surface area contributed by atoms with Crippen LogP contribution in [0.4, 0.5) is 5.69 Å². The molecule has 1 N–H and O–H groups in total. The number of nitrogens with one attached hydrogen (secondary N) is 1. The average Bonchev–Trinajstić information content (AvgIpc) is 3.03. The van der Waals surface area contributed by atoms with Gasteiger partial charge in [-0.2, -0.15) is 5.26 Å². The Morgan fingerprint density at radius 3 is 3.25 bits per heavy atom. The molecule has 0 unspecified atom stereocenters. The van der Waals surface area contributed by atoms with Crippen molar-refractivity contribution in [2.45, 2.75) is 17.5 Å². The lowest BCUT2D eigenvalue weighted by Gasteiger charge is -2.11. The number of fused-ring (bicyclic) bond motifs is 1. The van der Waals surface area contributed by atoms with Crippen LogP contribution in [0.3, 0.4) is 0 Å². The Bertz CT molecular complexity index is 674. The molecule has 1 amide bonds. The number of hydrogen-bond donors (Lipinski definition) is 1. The van der Waals surface area contributed by atoms with Crippen LogP contribution in [0.5, 0.6) is 0 Å². The summed E-state index contributed by atoms with van der Waals surface area (Å²) in [4.78, 5) is 15.7. The minimum atomic E-state index is -0.267. The van der Waals surface area contributed by atoms with Crippen LogP contribution in [0.2, 0.25) is 0 Å². The molecular formula is C14H12N4OS. The SMILES string of the molecule is N#CCC(=O)Nc1ccn2c1CS[C@@H]2c1cccnc1. The molecule has 0 saturated heterocycles. The molecule has 1 aliphatic rings. The van der Waals surface area contributed by atoms with Gasteiger partial charge in [-0.15, -0.1) is 11.8 Å². The van der Waals surface area contributed by atoms with E-state index >= 15 is 0 Å². The lowest BCUT2D eigenvalue weighted by atomic mass is 10.3. The highest BCUT2D eigenvalue weighted by atomic mass is 32.2. The maximum atomic E-state index is 11.5. The number of aromatic nitrogens is 2. The smallest absolute Gasteiger partial charge is 0.238 e. The minimum absolute atomic E-state index is 0.121. The van der Waals surface area contributed by atoms with Gasteiger partial charge in [0.2, 0.25) is 5.91 Å². The number of anilines is 1. The van der Waals surface area contributed by atoms with E-state index in [1.54, 1.807) is 18.0 Å². The van der Waals surface area contributed by atoms with Gasteiger partial charge in [-0.25, -0.2) is 0 Å². The molecule has 100 valence electrons. The van der Waals surface area contributed by atoms with Crippen LogP contribution in [0.25, 0.3) is 0 Å². The molecule has 20 heavy (non-hydrogen) atoms. The molecule has 0 bridgehead atoms. The Morgan fingerprint density at radius 1 is 1.60 bits per heavy atom. The Morgan fingerprint density at radius 2 is 2.50 bits per heavy atom. The third-order valence-electron chi connectivity index (χ3n) is 3.14. The molecule has 0 aliphatic carbocycles. The van der Waals surface area contributed by atoms with Crippen LogP contribution in [0, 0.1) is 11.3 Å². The summed E-state index contributed by atoms with van der Waals surface area (Å²) >= 11 is 1.79. The van der Waals surface area contributed by atoms with Crippen LogP contribution < -0.4 is 5.32 Å². The molecule has 1 atom stereocenters. The predicted molar refractivity (Wildman–Crippen MR) is 77.0 cm³/mol. The van der Waals surface area contributed by atoms with E-state index in [1.165, 1.54) is 0 Å². The zero-order valence-corrected chi connectivity index (χ0v) is 11.4. The first-order chi connectivity index (χ1) is 9.79. The lowest BCUT2D eigenvalue weighted by molar-refractivity contribution is -0.115. The van der Waals surface area contributed by atoms with Crippen LogP contribution in [0.15, 0.2) is 36.8 Å². The van der Waals surface area contributed by atoms with E-state index < -0.39 is 0 Å². The number of carbonyl (C=O) groups is 1. The summed E-state index contributed by atoms with van der Waals surface area (Å²) in [5.74, 6) is 0.561. The number of carbonyl (C=O) groups excluding carboxylic acids is 1. The molecule has 0 saturated carbocycles. The molecule has 5 nitrogen and oxygen atoms in total. The van der Waals surface area contributed by atoms with Crippen molar-refractivity contribution in [3.63, 3.8) is 0 Å². The van der Waals surface area contributed by atoms with E-state index in [0.717, 1.165) is 22.7 Å². The van der Waals surface area contributed by atoms with Gasteiger partial charge < -0.3 is 9.88 Å². The second-order valence-corrected chi connectivity index (χ2v) is 5.48. The average molecular weight is 284 g/mol. The van der Waals surface area contributed by atoms with Gasteiger partial charge in [0.1, 0.15) is 11.8 Å². The molecular weight excluding hydrogens is 272 g/mol. The maximum Gasteiger partial charge on any atom is 0.238 e. The zero-order valence-electron chi connectivity index (χ0n) is 10.6. The number of nitriles is 1. The molecule has 2 aromatic heterocycles. The van der Waals surface area contributed by atoms with Gasteiger partial charge in [-0.05, 0) is 12.1 Å². The van der Waals surface area contributed by atoms with Crippen LogP contribution in [0.1, 0.15) is 23.1 Å². The molecule has 0 radical (unpaired) electrons. The third-order valence-corrected chi connectivity index (χ3v) is 4.39. The molecule has 0 spiro atoms. The van der Waals surface area contributed by atoms with E-state index in [2.05, 4.69) is 14.9 Å². The lowest BCUT2D eigenvalue weighted by Crippen LogP contribution is -2.11. The summed E-state index contributed by atoms with van der Waals surface area (Å²) in [6, 6.07) is 7.71. The van der Waals surface area contributed by atoms with Gasteiger partial charge in [-0.1, -0.05) is 6.07 Å². The molecule has 3 rings (SSSR count). The van der Waals surface area contributed by atoms with Crippen LogP contribution in [-0.2, 0) is 10.5 Å². The van der Waals surface area contributed by atoms with Crippen LogP contribution >= 0.6 is 11.8 Å². The largest absolute Gasteiger partial charge is 0.332 e. The van der Waals surface area contributed by atoms with Crippen molar-refractivity contribution < 1.29 is 4.79 Å². The standard InChI is InChI=1S/C14H12N4OS/c15-5-3-13(19)17-11-4-7-18-12(11)9-20-14(18)10-2-1-6-16-8-10/h1-2,4,6-8,14H,3,9H2,(H,17,19)/t14-/m1/s1. The van der Waals surface area contributed by atoms with E-state index in [0.29, 0.717) is 0 Å². The molecule has 2 aromatic rings. The van der Waals surface area contributed by atoms with Crippen molar-refractivity contribution >= 4 is 23.4 Å². The van der Waals surface area contributed by atoms with Gasteiger partial charge >= 0.3 is 0 Å². The summed E-state index contributed by atoms with van der Waals surface area (Å²) in [7, 11) is 0. The highest BCUT2D eigenvalue weighted by Crippen LogP contribution is 2.43. The summed E-state index contributed by atoms with van der Waals surface area (Å²) in [6.45, 7) is 0. The fraction of sp³-hybridized carbons (Fsp3) is 0.214. The fourth-order valence-corrected chi connectivity index (χ4v) is 3.56. The summed E-state index contributed by atoms with van der Waals surface area (Å²) in [5, 5.41) is 11.5. The Balaban J connectivity index is 1.84. The minimum Gasteiger partial charge on any atom is -0.332 e. The number of rotatable bonds is 3. The first-order valence-corrected chi connectivity index (χ1v) is 7.22. The topological polar surface area (TPSA) is 70.7 Å². The number of amides is 1. The Hall–Kier alpha value is -2.26. The van der Waals surface area contributed by atoms with E-state index in [9.17, 15) is 4.79 Å². The van der Waals surface area contributed by atoms with E-state index in [4.69, 9.17) is 5.26 Å². The highest BCUT2D eigenvalue weighted by Gasteiger charge is 2.26. The number of thioether (sulfide) groups is 1. The quantitative estimate of drug-likeness (QED) is 0.940. The van der Waals surface area contributed by atoms with Gasteiger partial charge in [0.25, 0.3) is 0 Å². The number of nitrogens with zero attached hydrogens (tertiary/aromatic N) is 3. The number of hydrogen-bond acceptors (Lipinski definition) is 4. The second kappa shape index (κ2) is 5.39. The molecule has 3 heterocycles. The fourth-order valence-electron chi connectivity index (χ4n) is 2.25. The molecule has 0 aromatic carbocycles. The van der Waals surface area contributed by atoms with Crippen molar-refractivity contribution in [3.05, 3.63) is 48.0 Å². The highest BCUT2D eigenvalue weighted by molar-refractivity contribution is 7.99. The monoisotopic (exact) mass is 284 g/mol. The van der Waals surface area contributed by atoms with Gasteiger partial charge in [0.15, 0.2) is 0 Å². The first-order valence-electron chi connectivity index (χ1n) is 6.17. The summed E-state index contributed by atoms with van der Waals surface area (Å²) in [5.41, 5.74) is 3.01. The van der Waals surface area contributed by atoms with Crippen LogP contribution in [-0.4, -0.2) is 15.5 Å². The van der Waals surface area contributed by atoms with Gasteiger partial charge in [0.05, 0.1) is 17.5 Å². The number of pyridine rings is 1. The molecule has 0 fully saturated rings. The zero-order chi connectivity index (χ0) is 13.9. The van der Waals surface area contributed by atoms with Gasteiger partial charge in [-0.3, -0.25) is 9.78 Å². The normalized spacial score (nSPS) is 16.4. The predicted octanol–water partition coefficient (Wildman–Crippen LogP) is 2.53. The first kappa shape index (κ1) is 12.8. The molecule has 1 aliphatic heterocycles. The van der Waals surface area contributed by atoms with Crippen molar-refractivity contribution in [1.29, 1.82) is 5.26 Å². The van der Waals surface area contributed by atoms with Crippen molar-refractivity contribution in [2.75, 3.05) is 5.32 Å². The van der Waals surface area contributed by atoms with Crippen molar-refractivity contribution in [3.8, 4) is 6.07 Å². The summed E-state index contributed by atoms with van der Waals surface area (Å²) < 4.78 is 2.14. The van der Waals surface area contributed by atoms with Gasteiger partial charge in [0, 0.05) is 29.9 Å². The summed E-state index contributed by atoms with van der Waals surface area (Å²) in [6.07, 6.45) is 5.46. The maximum absolute atomic E-state index is 11.5. The second-order valence-electron chi connectivity index (χ2n) is 4.42.